The number of anilines is 1. The van der Waals surface area contributed by atoms with Crippen LogP contribution in [0, 0.1) is 29.2 Å². The first-order chi connectivity index (χ1) is 16.7. The van der Waals surface area contributed by atoms with Gasteiger partial charge >= 0.3 is 0 Å². The Morgan fingerprint density at radius 3 is 2.65 bits per heavy atom. The number of ketones is 1. The van der Waals surface area contributed by atoms with Gasteiger partial charge in [0.05, 0.1) is 13.7 Å². The molecule has 2 N–H and O–H groups in total. The number of rotatable bonds is 8. The fourth-order valence-electron chi connectivity index (χ4n) is 3.77. The number of methoxy groups -OCH3 is 1. The Balaban J connectivity index is 1.60. The molecule has 2 aromatic rings. The maximum absolute atomic E-state index is 12.5. The monoisotopic (exact) mass is 458 g/mol. The van der Waals surface area contributed by atoms with Gasteiger partial charge in [0.1, 0.15) is 6.61 Å². The largest absolute Gasteiger partial charge is 0.493 e. The van der Waals surface area contributed by atoms with E-state index in [1.807, 2.05) is 36.5 Å². The van der Waals surface area contributed by atoms with Crippen LogP contribution >= 0.6 is 0 Å². The first-order valence-corrected chi connectivity index (χ1v) is 11.5. The molecule has 0 unspecified atom stereocenters. The third-order valence-corrected chi connectivity index (χ3v) is 5.54. The lowest BCUT2D eigenvalue weighted by Crippen LogP contribution is -2.27. The van der Waals surface area contributed by atoms with Crippen LogP contribution in [0.1, 0.15) is 44.1 Å². The molecule has 0 heterocycles. The molecule has 2 aromatic carbocycles. The van der Waals surface area contributed by atoms with Crippen molar-refractivity contribution in [2.45, 2.75) is 38.5 Å². The molecule has 176 valence electrons. The van der Waals surface area contributed by atoms with E-state index >= 15 is 0 Å². The van der Waals surface area contributed by atoms with Gasteiger partial charge in [0, 0.05) is 29.7 Å². The third kappa shape index (κ3) is 7.86. The Labute approximate surface area is 201 Å². The van der Waals surface area contributed by atoms with Crippen molar-refractivity contribution in [1.82, 2.24) is 5.32 Å². The van der Waals surface area contributed by atoms with Gasteiger partial charge in [-0.05, 0) is 37.1 Å². The average molecular weight is 459 g/mol. The molecule has 1 saturated carbocycles. The third-order valence-electron chi connectivity index (χ3n) is 5.54. The number of nitrogens with zero attached hydrogens (tertiary/aromatic N) is 2. The van der Waals surface area contributed by atoms with Crippen LogP contribution in [0.15, 0.2) is 53.5 Å². The van der Waals surface area contributed by atoms with E-state index in [4.69, 9.17) is 14.7 Å². The van der Waals surface area contributed by atoms with Crippen molar-refractivity contribution >= 4 is 17.4 Å². The van der Waals surface area contributed by atoms with Crippen LogP contribution in [0.25, 0.3) is 0 Å². The number of carbonyl (C=O) groups is 1. The van der Waals surface area contributed by atoms with E-state index in [2.05, 4.69) is 27.5 Å². The lowest BCUT2D eigenvalue weighted by Gasteiger charge is -2.20. The second-order valence-corrected chi connectivity index (χ2v) is 7.97. The number of hydrogen-bond donors (Lipinski definition) is 2. The van der Waals surface area contributed by atoms with Crippen molar-refractivity contribution in [3.63, 3.8) is 0 Å². The molecule has 34 heavy (non-hydrogen) atoms. The SMILES string of the molecule is COc1ccc(NC(=NCCC#Cc2ccccc2)NC#N)cc1OCC(=O)C1CCCCC1. The van der Waals surface area contributed by atoms with Gasteiger partial charge in [-0.1, -0.05) is 49.3 Å². The molecule has 1 aliphatic rings. The van der Waals surface area contributed by atoms with E-state index in [9.17, 15) is 4.79 Å². The highest BCUT2D eigenvalue weighted by Gasteiger charge is 2.22. The molecule has 0 atom stereocenters. The zero-order chi connectivity index (χ0) is 24.0. The van der Waals surface area contributed by atoms with Crippen molar-refractivity contribution in [3.8, 4) is 29.5 Å². The molecular formula is C27H30N4O3. The number of nitrogens with one attached hydrogen (secondary N) is 2. The van der Waals surface area contributed by atoms with Crippen LogP contribution < -0.4 is 20.1 Å². The molecule has 0 bridgehead atoms. The lowest BCUT2D eigenvalue weighted by molar-refractivity contribution is -0.125. The fourth-order valence-corrected chi connectivity index (χ4v) is 3.77. The maximum atomic E-state index is 12.5. The molecule has 0 spiro atoms. The molecule has 0 saturated heterocycles. The quantitative estimate of drug-likeness (QED) is 0.151. The van der Waals surface area contributed by atoms with Gasteiger partial charge in [0.25, 0.3) is 0 Å². The second-order valence-electron chi connectivity index (χ2n) is 7.97. The van der Waals surface area contributed by atoms with Crippen molar-refractivity contribution in [2.75, 3.05) is 25.6 Å². The van der Waals surface area contributed by atoms with Gasteiger partial charge in [-0.2, -0.15) is 5.26 Å². The van der Waals surface area contributed by atoms with E-state index in [0.717, 1.165) is 31.2 Å². The number of ether oxygens (including phenoxy) is 2. The summed E-state index contributed by atoms with van der Waals surface area (Å²) in [6.45, 7) is 0.439. The zero-order valence-electron chi connectivity index (χ0n) is 19.5. The Kier molecular flexibility index (Phi) is 9.83. The Bertz CT molecular complexity index is 1070. The number of guanidine groups is 1. The first-order valence-electron chi connectivity index (χ1n) is 11.5. The van der Waals surface area contributed by atoms with Gasteiger partial charge in [-0.25, -0.2) is 0 Å². The van der Waals surface area contributed by atoms with E-state index in [-0.39, 0.29) is 18.3 Å². The normalized spacial score (nSPS) is 13.7. The Morgan fingerprint density at radius 2 is 1.91 bits per heavy atom. The van der Waals surface area contributed by atoms with Crippen molar-refractivity contribution in [2.24, 2.45) is 10.9 Å². The van der Waals surface area contributed by atoms with Gasteiger partial charge in [-0.3, -0.25) is 15.1 Å². The van der Waals surface area contributed by atoms with Crippen LogP contribution in [0.2, 0.25) is 0 Å². The minimum Gasteiger partial charge on any atom is -0.493 e. The van der Waals surface area contributed by atoms with Crippen LogP contribution in [-0.2, 0) is 4.79 Å². The Morgan fingerprint density at radius 1 is 1.12 bits per heavy atom. The molecule has 0 aromatic heterocycles. The van der Waals surface area contributed by atoms with E-state index in [0.29, 0.717) is 36.1 Å². The number of aliphatic imine (C=N–C) groups is 1. The van der Waals surface area contributed by atoms with Gasteiger partial charge in [0.2, 0.25) is 5.96 Å². The summed E-state index contributed by atoms with van der Waals surface area (Å²) >= 11 is 0. The molecule has 0 radical (unpaired) electrons. The van der Waals surface area contributed by atoms with Crippen LogP contribution in [-0.4, -0.2) is 32.0 Å². The van der Waals surface area contributed by atoms with E-state index in [1.54, 1.807) is 25.3 Å². The molecule has 7 nitrogen and oxygen atoms in total. The summed E-state index contributed by atoms with van der Waals surface area (Å²) in [4.78, 5) is 16.9. The topological polar surface area (TPSA) is 95.7 Å². The number of hydrogen-bond acceptors (Lipinski definition) is 5. The predicted molar refractivity (Wildman–Crippen MR) is 133 cm³/mol. The van der Waals surface area contributed by atoms with E-state index in [1.165, 1.54) is 6.42 Å². The summed E-state index contributed by atoms with van der Waals surface area (Å²) in [5, 5.41) is 14.7. The van der Waals surface area contributed by atoms with Crippen LogP contribution in [0.5, 0.6) is 11.5 Å². The molecule has 0 aliphatic heterocycles. The summed E-state index contributed by atoms with van der Waals surface area (Å²) in [7, 11) is 1.55. The smallest absolute Gasteiger partial charge is 0.209 e. The lowest BCUT2D eigenvalue weighted by atomic mass is 9.86. The predicted octanol–water partition coefficient (Wildman–Crippen LogP) is 4.50. The van der Waals surface area contributed by atoms with E-state index < -0.39 is 0 Å². The highest BCUT2D eigenvalue weighted by molar-refractivity contribution is 5.94. The summed E-state index contributed by atoms with van der Waals surface area (Å²) in [5.41, 5.74) is 1.60. The highest BCUT2D eigenvalue weighted by atomic mass is 16.5. The summed E-state index contributed by atoms with van der Waals surface area (Å²) in [5.74, 6) is 7.67. The average Bonchev–Trinajstić information content (AvgIpc) is 2.88. The minimum absolute atomic E-state index is 0.0158. The fraction of sp³-hybridized carbons (Fsp3) is 0.370. The number of benzene rings is 2. The Hall–Kier alpha value is -3.97. The molecule has 1 aliphatic carbocycles. The summed E-state index contributed by atoms with van der Waals surface area (Å²) in [6, 6.07) is 15.0. The summed E-state index contributed by atoms with van der Waals surface area (Å²) in [6.07, 6.45) is 7.72. The molecule has 1 fully saturated rings. The number of nitriles is 1. The van der Waals surface area contributed by atoms with Crippen molar-refractivity contribution < 1.29 is 14.3 Å². The first kappa shape index (κ1) is 24.7. The summed E-state index contributed by atoms with van der Waals surface area (Å²) < 4.78 is 11.2. The van der Waals surface area contributed by atoms with Crippen LogP contribution in [0.3, 0.4) is 0 Å². The molecule has 0 amide bonds. The number of Topliss-reactive ketones (excluding diaryl/α,β-unsaturated/α-hetero) is 1. The van der Waals surface area contributed by atoms with Crippen molar-refractivity contribution in [1.29, 1.82) is 5.26 Å². The molecule has 7 heteroatoms. The highest BCUT2D eigenvalue weighted by Crippen LogP contribution is 2.31. The van der Waals surface area contributed by atoms with Gasteiger partial charge in [-0.15, -0.1) is 0 Å². The minimum atomic E-state index is 0.0158. The molecular weight excluding hydrogens is 428 g/mol. The van der Waals surface area contributed by atoms with Gasteiger partial charge in [0.15, 0.2) is 23.5 Å². The molecule has 3 rings (SSSR count). The van der Waals surface area contributed by atoms with Crippen LogP contribution in [0.4, 0.5) is 5.69 Å². The standard InChI is InChI=1S/C27H30N4O3/c1-33-25-16-15-23(18-26(25)34-19-24(32)22-13-6-3-7-14-22)31-27(30-20-28)29-17-9-8-12-21-10-4-2-5-11-21/h2,4-5,10-11,15-16,18,22H,3,6-7,9,13-14,17,19H2,1H3,(H2,29,30,31). The van der Waals surface area contributed by atoms with Gasteiger partial charge < -0.3 is 14.8 Å². The second kappa shape index (κ2) is 13.5. The van der Waals surface area contributed by atoms with Crippen molar-refractivity contribution in [3.05, 3.63) is 54.1 Å². The maximum Gasteiger partial charge on any atom is 0.209 e. The zero-order valence-corrected chi connectivity index (χ0v) is 19.5. The number of carbonyl (C=O) groups excluding carboxylic acids is 1.